The van der Waals surface area contributed by atoms with Crippen LogP contribution in [0.5, 0.6) is 11.5 Å². The number of hydrogen-bond acceptors (Lipinski definition) is 6. The van der Waals surface area contributed by atoms with Crippen molar-refractivity contribution in [3.8, 4) is 11.5 Å². The van der Waals surface area contributed by atoms with Gasteiger partial charge in [0.2, 0.25) is 28.0 Å². The molecule has 1 aliphatic heterocycles. The Balaban J connectivity index is 1.56. The van der Waals surface area contributed by atoms with E-state index in [1.165, 1.54) is 34.9 Å². The van der Waals surface area contributed by atoms with Gasteiger partial charge >= 0.3 is 0 Å². The third-order valence-corrected chi connectivity index (χ3v) is 7.09. The summed E-state index contributed by atoms with van der Waals surface area (Å²) in [7, 11) is -4.22. The Kier molecular flexibility index (Phi) is 5.29. The van der Waals surface area contributed by atoms with E-state index < -0.39 is 31.9 Å². The highest BCUT2D eigenvalue weighted by Gasteiger charge is 2.24. The number of amides is 1. The Bertz CT molecular complexity index is 1600. The summed E-state index contributed by atoms with van der Waals surface area (Å²) in [6.07, 6.45) is 1.12. The molecule has 0 spiro atoms. The van der Waals surface area contributed by atoms with Crippen molar-refractivity contribution >= 4 is 32.3 Å². The molecule has 0 unspecified atom stereocenters. The number of halogens is 1. The molecule has 8 nitrogen and oxygen atoms in total. The molecule has 1 N–H and O–H groups in total. The molecule has 172 valence electrons. The zero-order valence-corrected chi connectivity index (χ0v) is 18.3. The highest BCUT2D eigenvalue weighted by atomic mass is 32.2. The molecule has 5 rings (SSSR count). The molecule has 0 fully saturated rings. The van der Waals surface area contributed by atoms with Gasteiger partial charge in [-0.15, -0.1) is 0 Å². The predicted octanol–water partition coefficient (Wildman–Crippen LogP) is 3.34. The second kappa shape index (κ2) is 8.31. The van der Waals surface area contributed by atoms with E-state index in [2.05, 4.69) is 5.32 Å². The van der Waals surface area contributed by atoms with E-state index in [0.29, 0.717) is 17.2 Å². The van der Waals surface area contributed by atoms with Crippen molar-refractivity contribution in [2.45, 2.75) is 16.3 Å². The van der Waals surface area contributed by atoms with E-state index >= 15 is 0 Å². The van der Waals surface area contributed by atoms with Crippen molar-refractivity contribution in [1.82, 2.24) is 4.57 Å². The van der Waals surface area contributed by atoms with Gasteiger partial charge < -0.3 is 19.4 Å². The molecular formula is C24H17FN2O6S. The zero-order chi connectivity index (χ0) is 23.9. The van der Waals surface area contributed by atoms with E-state index in [1.54, 1.807) is 24.3 Å². The number of pyridine rings is 1. The van der Waals surface area contributed by atoms with Crippen LogP contribution in [0.4, 0.5) is 10.1 Å². The molecule has 4 aromatic rings. The number of nitrogens with zero attached hydrogens (tertiary/aromatic N) is 1. The van der Waals surface area contributed by atoms with E-state index in [0.717, 1.165) is 18.3 Å². The minimum Gasteiger partial charge on any atom is -0.454 e. The number of hydrogen-bond donors (Lipinski definition) is 1. The molecule has 0 saturated heterocycles. The number of carbonyl (C=O) groups is 1. The molecule has 34 heavy (non-hydrogen) atoms. The maximum atomic E-state index is 14.0. The smallest absolute Gasteiger partial charge is 0.244 e. The molecule has 0 radical (unpaired) electrons. The van der Waals surface area contributed by atoms with Crippen LogP contribution < -0.4 is 20.2 Å². The fourth-order valence-corrected chi connectivity index (χ4v) is 5.11. The largest absolute Gasteiger partial charge is 0.454 e. The van der Waals surface area contributed by atoms with Crippen LogP contribution in [-0.2, 0) is 21.2 Å². The first kappa shape index (κ1) is 21.7. The van der Waals surface area contributed by atoms with Gasteiger partial charge in [0, 0.05) is 23.3 Å². The molecule has 0 saturated carbocycles. The predicted molar refractivity (Wildman–Crippen MR) is 121 cm³/mol. The van der Waals surface area contributed by atoms with Crippen molar-refractivity contribution in [3.05, 3.63) is 89.0 Å². The van der Waals surface area contributed by atoms with Crippen LogP contribution in [0.2, 0.25) is 0 Å². The fraction of sp³-hybridized carbons (Fsp3) is 0.0833. The highest BCUT2D eigenvalue weighted by Crippen LogP contribution is 2.34. The average molecular weight is 480 g/mol. The average Bonchev–Trinajstić information content (AvgIpc) is 3.29. The van der Waals surface area contributed by atoms with Gasteiger partial charge in [-0.25, -0.2) is 12.8 Å². The first-order valence-electron chi connectivity index (χ1n) is 10.2. The van der Waals surface area contributed by atoms with Gasteiger partial charge in [0.15, 0.2) is 11.5 Å². The number of anilines is 1. The number of benzene rings is 3. The quantitative estimate of drug-likeness (QED) is 0.470. The standard InChI is InChI=1S/C24H17FN2O6S/c25-15-6-8-19-18(10-15)24(29)22(34(30,31)17-4-2-1-3-5-17)12-27(19)13-23(28)26-16-7-9-20-21(11-16)33-14-32-20/h1-12H,13-14H2,(H,26,28). The summed E-state index contributed by atoms with van der Waals surface area (Å²) >= 11 is 0. The van der Waals surface area contributed by atoms with Crippen LogP contribution in [0.15, 0.2) is 87.5 Å². The minimum atomic E-state index is -4.22. The molecular weight excluding hydrogens is 463 g/mol. The van der Waals surface area contributed by atoms with Crippen molar-refractivity contribution in [2.75, 3.05) is 12.1 Å². The molecule has 1 aromatic heterocycles. The van der Waals surface area contributed by atoms with Crippen LogP contribution in [-0.4, -0.2) is 25.7 Å². The van der Waals surface area contributed by atoms with Gasteiger partial charge in [0.1, 0.15) is 17.3 Å². The van der Waals surface area contributed by atoms with Gasteiger partial charge in [-0.05, 0) is 42.5 Å². The molecule has 0 bridgehead atoms. The van der Waals surface area contributed by atoms with E-state index in [4.69, 9.17) is 9.47 Å². The third kappa shape index (κ3) is 3.88. The molecule has 10 heteroatoms. The Labute approximate surface area is 193 Å². The van der Waals surface area contributed by atoms with Gasteiger partial charge in [-0.1, -0.05) is 18.2 Å². The number of sulfone groups is 1. The Morgan fingerprint density at radius 1 is 1.00 bits per heavy atom. The summed E-state index contributed by atoms with van der Waals surface area (Å²) in [5.74, 6) is -0.146. The normalized spacial score (nSPS) is 12.6. The van der Waals surface area contributed by atoms with Crippen LogP contribution in [0.25, 0.3) is 10.9 Å². The second-order valence-electron chi connectivity index (χ2n) is 7.54. The SMILES string of the molecule is O=C(Cn1cc(S(=O)(=O)c2ccccc2)c(=O)c2cc(F)ccc21)Nc1ccc2c(c1)OCO2. The van der Waals surface area contributed by atoms with Crippen molar-refractivity contribution in [3.63, 3.8) is 0 Å². The Morgan fingerprint density at radius 2 is 1.76 bits per heavy atom. The van der Waals surface area contributed by atoms with E-state index in [-0.39, 0.29) is 29.1 Å². The van der Waals surface area contributed by atoms with Crippen molar-refractivity contribution < 1.29 is 27.1 Å². The lowest BCUT2D eigenvalue weighted by Gasteiger charge is -2.14. The number of carbonyl (C=O) groups excluding carboxylic acids is 1. The first-order chi connectivity index (χ1) is 16.3. The van der Waals surface area contributed by atoms with Crippen LogP contribution in [0, 0.1) is 5.82 Å². The summed E-state index contributed by atoms with van der Waals surface area (Å²) < 4.78 is 52.2. The Hall–Kier alpha value is -4.18. The number of ether oxygens (including phenoxy) is 2. The minimum absolute atomic E-state index is 0.0841. The number of nitrogens with one attached hydrogen (secondary N) is 1. The first-order valence-corrected chi connectivity index (χ1v) is 11.6. The van der Waals surface area contributed by atoms with Crippen molar-refractivity contribution in [1.29, 1.82) is 0 Å². The third-order valence-electron chi connectivity index (χ3n) is 5.32. The van der Waals surface area contributed by atoms with Gasteiger partial charge in [-0.3, -0.25) is 9.59 Å². The number of aromatic nitrogens is 1. The monoisotopic (exact) mass is 480 g/mol. The maximum absolute atomic E-state index is 14.0. The summed E-state index contributed by atoms with van der Waals surface area (Å²) in [5, 5.41) is 2.56. The molecule has 2 heterocycles. The van der Waals surface area contributed by atoms with E-state index in [1.807, 2.05) is 0 Å². The topological polar surface area (TPSA) is 104 Å². The summed E-state index contributed by atoms with van der Waals surface area (Å²) in [6, 6.07) is 15.8. The second-order valence-corrected chi connectivity index (χ2v) is 9.46. The van der Waals surface area contributed by atoms with Crippen LogP contribution in [0.1, 0.15) is 0 Å². The van der Waals surface area contributed by atoms with Gasteiger partial charge in [-0.2, -0.15) is 0 Å². The summed E-state index contributed by atoms with van der Waals surface area (Å²) in [4.78, 5) is 25.2. The van der Waals surface area contributed by atoms with Gasteiger partial charge in [0.25, 0.3) is 0 Å². The maximum Gasteiger partial charge on any atom is 0.244 e. The molecule has 1 amide bonds. The molecule has 0 aliphatic carbocycles. The molecule has 1 aliphatic rings. The lowest BCUT2D eigenvalue weighted by molar-refractivity contribution is -0.116. The highest BCUT2D eigenvalue weighted by molar-refractivity contribution is 7.91. The van der Waals surface area contributed by atoms with E-state index in [9.17, 15) is 22.4 Å². The number of rotatable bonds is 5. The lowest BCUT2D eigenvalue weighted by Crippen LogP contribution is -2.24. The Morgan fingerprint density at radius 3 is 2.56 bits per heavy atom. The summed E-state index contributed by atoms with van der Waals surface area (Å²) in [5.41, 5.74) is -0.173. The van der Waals surface area contributed by atoms with Crippen LogP contribution >= 0.6 is 0 Å². The number of fused-ring (bicyclic) bond motifs is 2. The van der Waals surface area contributed by atoms with Gasteiger partial charge in [0.05, 0.1) is 10.4 Å². The van der Waals surface area contributed by atoms with Crippen LogP contribution in [0.3, 0.4) is 0 Å². The summed E-state index contributed by atoms with van der Waals surface area (Å²) in [6.45, 7) is -0.237. The van der Waals surface area contributed by atoms with Crippen molar-refractivity contribution in [2.24, 2.45) is 0 Å². The molecule has 0 atom stereocenters. The zero-order valence-electron chi connectivity index (χ0n) is 17.5. The molecule has 3 aromatic carbocycles. The lowest BCUT2D eigenvalue weighted by atomic mass is 10.2. The fourth-order valence-electron chi connectivity index (χ4n) is 3.72.